The minimum absolute atomic E-state index is 0.248. The summed E-state index contributed by atoms with van der Waals surface area (Å²) in [4.78, 5) is 1.19. The van der Waals surface area contributed by atoms with Gasteiger partial charge in [0.25, 0.3) is 0 Å². The third-order valence-electron chi connectivity index (χ3n) is 2.80. The summed E-state index contributed by atoms with van der Waals surface area (Å²) in [7, 11) is 0. The molecule has 0 aliphatic carbocycles. The Hall–Kier alpha value is 0.1000. The maximum Gasteiger partial charge on any atom is 0.0825 e. The first-order valence-electron chi connectivity index (χ1n) is 5.22. The second kappa shape index (κ2) is 4.95. The Balaban J connectivity index is 2.00. The monoisotopic (exact) mass is 290 g/mol. The van der Waals surface area contributed by atoms with Crippen LogP contribution in [0.15, 0.2) is 9.85 Å². The second-order valence-electron chi connectivity index (χ2n) is 3.95. The Morgan fingerprint density at radius 2 is 2.53 bits per heavy atom. The maximum atomic E-state index is 10.1. The lowest BCUT2D eigenvalue weighted by Crippen LogP contribution is -2.11. The van der Waals surface area contributed by atoms with Crippen molar-refractivity contribution in [2.45, 2.75) is 38.4 Å². The van der Waals surface area contributed by atoms with E-state index in [4.69, 9.17) is 4.74 Å². The molecule has 0 saturated carbocycles. The van der Waals surface area contributed by atoms with Gasteiger partial charge in [0.15, 0.2) is 0 Å². The maximum absolute atomic E-state index is 10.1. The van der Waals surface area contributed by atoms with E-state index in [0.717, 1.165) is 35.2 Å². The molecule has 0 radical (unpaired) electrons. The topological polar surface area (TPSA) is 29.5 Å². The summed E-state index contributed by atoms with van der Waals surface area (Å²) in [6.07, 6.45) is 2.81. The summed E-state index contributed by atoms with van der Waals surface area (Å²) in [6, 6.07) is 2.01. The third kappa shape index (κ3) is 2.81. The quantitative estimate of drug-likeness (QED) is 0.924. The number of hydrogen-bond donors (Lipinski definition) is 1. The van der Waals surface area contributed by atoms with Crippen LogP contribution in [0.25, 0.3) is 0 Å². The van der Waals surface area contributed by atoms with Crippen LogP contribution in [0.3, 0.4) is 0 Å². The number of halogens is 1. The van der Waals surface area contributed by atoms with Crippen LogP contribution in [0.5, 0.6) is 0 Å². The van der Waals surface area contributed by atoms with Crippen LogP contribution in [0, 0.1) is 6.92 Å². The van der Waals surface area contributed by atoms with E-state index >= 15 is 0 Å². The highest BCUT2D eigenvalue weighted by Crippen LogP contribution is 2.33. The number of thiophene rings is 1. The van der Waals surface area contributed by atoms with Crippen LogP contribution in [-0.2, 0) is 4.74 Å². The fourth-order valence-corrected chi connectivity index (χ4v) is 3.76. The molecule has 1 aromatic rings. The lowest BCUT2D eigenvalue weighted by atomic mass is 10.0. The summed E-state index contributed by atoms with van der Waals surface area (Å²) in [6.45, 7) is 2.90. The largest absolute Gasteiger partial charge is 0.388 e. The van der Waals surface area contributed by atoms with Crippen LogP contribution in [0.2, 0.25) is 0 Å². The van der Waals surface area contributed by atoms with Gasteiger partial charge in [0.05, 0.1) is 16.0 Å². The van der Waals surface area contributed by atoms with Crippen LogP contribution in [0.4, 0.5) is 0 Å². The highest BCUT2D eigenvalue weighted by atomic mass is 79.9. The normalized spacial score (nSPS) is 23.3. The van der Waals surface area contributed by atoms with Crippen LogP contribution < -0.4 is 0 Å². The number of hydrogen-bond acceptors (Lipinski definition) is 3. The van der Waals surface area contributed by atoms with E-state index < -0.39 is 0 Å². The third-order valence-corrected chi connectivity index (χ3v) is 4.36. The van der Waals surface area contributed by atoms with Gasteiger partial charge < -0.3 is 9.84 Å². The Bertz CT molecular complexity index is 331. The zero-order valence-electron chi connectivity index (χ0n) is 8.70. The van der Waals surface area contributed by atoms with Crippen LogP contribution in [-0.4, -0.2) is 17.8 Å². The average molecular weight is 291 g/mol. The molecular formula is C11H15BrO2S. The molecule has 1 saturated heterocycles. The van der Waals surface area contributed by atoms with E-state index in [1.54, 1.807) is 11.3 Å². The highest BCUT2D eigenvalue weighted by Gasteiger charge is 2.22. The van der Waals surface area contributed by atoms with Gasteiger partial charge in [-0.25, -0.2) is 0 Å². The van der Waals surface area contributed by atoms with E-state index in [2.05, 4.69) is 15.9 Å². The second-order valence-corrected chi connectivity index (χ2v) is 6.58. The molecular weight excluding hydrogens is 276 g/mol. The Labute approximate surface area is 102 Å². The molecule has 1 N–H and O–H groups in total. The Kier molecular flexibility index (Phi) is 3.83. The zero-order chi connectivity index (χ0) is 10.8. The van der Waals surface area contributed by atoms with Gasteiger partial charge in [0, 0.05) is 17.9 Å². The van der Waals surface area contributed by atoms with Gasteiger partial charge in [-0.15, -0.1) is 11.3 Å². The Morgan fingerprint density at radius 3 is 3.07 bits per heavy atom. The van der Waals surface area contributed by atoms with E-state index in [0.29, 0.717) is 0 Å². The van der Waals surface area contributed by atoms with Gasteiger partial charge in [0.1, 0.15) is 0 Å². The van der Waals surface area contributed by atoms with Gasteiger partial charge >= 0.3 is 0 Å². The predicted molar refractivity (Wildman–Crippen MR) is 65.3 cm³/mol. The SMILES string of the molecule is Cc1sc(Br)cc1C(O)CC1CCCO1. The zero-order valence-corrected chi connectivity index (χ0v) is 11.1. The van der Waals surface area contributed by atoms with Gasteiger partial charge in [-0.05, 0) is 47.3 Å². The van der Waals surface area contributed by atoms with Gasteiger partial charge in [0.2, 0.25) is 0 Å². The van der Waals surface area contributed by atoms with Crippen molar-refractivity contribution in [3.63, 3.8) is 0 Å². The average Bonchev–Trinajstić information content (AvgIpc) is 2.75. The molecule has 0 amide bonds. The number of ether oxygens (including phenoxy) is 1. The predicted octanol–water partition coefficient (Wildman–Crippen LogP) is 3.42. The van der Waals surface area contributed by atoms with Crippen molar-refractivity contribution in [3.8, 4) is 0 Å². The number of aryl methyl sites for hydroxylation is 1. The van der Waals surface area contributed by atoms with Crippen molar-refractivity contribution in [2.24, 2.45) is 0 Å². The van der Waals surface area contributed by atoms with Gasteiger partial charge in [-0.3, -0.25) is 0 Å². The molecule has 2 heterocycles. The van der Waals surface area contributed by atoms with Gasteiger partial charge in [-0.2, -0.15) is 0 Å². The van der Waals surface area contributed by atoms with Crippen LogP contribution in [0.1, 0.15) is 35.8 Å². The van der Waals surface area contributed by atoms with Crippen molar-refractivity contribution < 1.29 is 9.84 Å². The number of aliphatic hydroxyl groups excluding tert-OH is 1. The van der Waals surface area contributed by atoms with Crippen molar-refractivity contribution in [3.05, 3.63) is 20.3 Å². The molecule has 84 valence electrons. The molecule has 2 atom stereocenters. The number of rotatable bonds is 3. The van der Waals surface area contributed by atoms with Crippen molar-refractivity contribution in [1.82, 2.24) is 0 Å². The standard InChI is InChI=1S/C11H15BrO2S/c1-7-9(6-11(12)15-7)10(13)5-8-3-2-4-14-8/h6,8,10,13H,2-5H2,1H3. The molecule has 1 fully saturated rings. The first-order valence-corrected chi connectivity index (χ1v) is 6.83. The van der Waals surface area contributed by atoms with E-state index in [9.17, 15) is 5.11 Å². The summed E-state index contributed by atoms with van der Waals surface area (Å²) >= 11 is 5.11. The smallest absolute Gasteiger partial charge is 0.0825 e. The summed E-state index contributed by atoms with van der Waals surface area (Å²) in [5.41, 5.74) is 1.04. The summed E-state index contributed by atoms with van der Waals surface area (Å²) in [5.74, 6) is 0. The van der Waals surface area contributed by atoms with Gasteiger partial charge in [-0.1, -0.05) is 0 Å². The molecule has 1 aromatic heterocycles. The molecule has 1 aliphatic heterocycles. The number of aliphatic hydroxyl groups is 1. The molecule has 0 spiro atoms. The fourth-order valence-electron chi connectivity index (χ4n) is 2.00. The molecule has 0 bridgehead atoms. The molecule has 2 nitrogen and oxygen atoms in total. The highest BCUT2D eigenvalue weighted by molar-refractivity contribution is 9.11. The summed E-state index contributed by atoms with van der Waals surface area (Å²) in [5, 5.41) is 10.1. The Morgan fingerprint density at radius 1 is 1.73 bits per heavy atom. The molecule has 2 rings (SSSR count). The lowest BCUT2D eigenvalue weighted by Gasteiger charge is -2.15. The lowest BCUT2D eigenvalue weighted by molar-refractivity contribution is 0.0534. The van der Waals surface area contributed by atoms with E-state index in [1.165, 1.54) is 4.88 Å². The van der Waals surface area contributed by atoms with E-state index in [-0.39, 0.29) is 12.2 Å². The van der Waals surface area contributed by atoms with Crippen molar-refractivity contribution in [1.29, 1.82) is 0 Å². The molecule has 0 aromatic carbocycles. The van der Waals surface area contributed by atoms with Crippen molar-refractivity contribution >= 4 is 27.3 Å². The molecule has 1 aliphatic rings. The fraction of sp³-hybridized carbons (Fsp3) is 0.636. The van der Waals surface area contributed by atoms with Crippen molar-refractivity contribution in [2.75, 3.05) is 6.61 Å². The minimum atomic E-state index is -0.379. The molecule has 4 heteroatoms. The minimum Gasteiger partial charge on any atom is -0.388 e. The van der Waals surface area contributed by atoms with Crippen LogP contribution >= 0.6 is 27.3 Å². The first-order chi connectivity index (χ1) is 7.16. The van der Waals surface area contributed by atoms with E-state index in [1.807, 2.05) is 13.0 Å². The molecule has 15 heavy (non-hydrogen) atoms. The molecule has 2 unspecified atom stereocenters. The first kappa shape index (κ1) is 11.6. The summed E-state index contributed by atoms with van der Waals surface area (Å²) < 4.78 is 6.61.